The van der Waals surface area contributed by atoms with Crippen LogP contribution in [0.3, 0.4) is 0 Å². The summed E-state index contributed by atoms with van der Waals surface area (Å²) >= 11 is 1.80. The zero-order chi connectivity index (χ0) is 15.4. The van der Waals surface area contributed by atoms with Crippen molar-refractivity contribution >= 4 is 11.8 Å². The minimum atomic E-state index is 0.594. The lowest BCUT2D eigenvalue weighted by Crippen LogP contribution is -2.32. The molecule has 0 bridgehead atoms. The van der Waals surface area contributed by atoms with Gasteiger partial charge in [-0.25, -0.2) is 9.97 Å². The predicted molar refractivity (Wildman–Crippen MR) is 92.2 cm³/mol. The maximum absolute atomic E-state index is 4.59. The first-order valence-corrected chi connectivity index (χ1v) is 9.12. The van der Waals surface area contributed by atoms with E-state index in [1.54, 1.807) is 11.8 Å². The van der Waals surface area contributed by atoms with Crippen LogP contribution in [-0.4, -0.2) is 34.2 Å². The zero-order valence-corrected chi connectivity index (χ0v) is 14.1. The fraction of sp³-hybridized carbons (Fsp3) is 0.444. The van der Waals surface area contributed by atoms with Crippen molar-refractivity contribution < 1.29 is 0 Å². The van der Waals surface area contributed by atoms with Crippen molar-refractivity contribution in [2.24, 2.45) is 0 Å². The number of nitrogens with zero attached hydrogens (tertiary/aromatic N) is 3. The molecular formula is C18H23N3S. The van der Waals surface area contributed by atoms with E-state index in [4.69, 9.17) is 0 Å². The van der Waals surface area contributed by atoms with Gasteiger partial charge in [0.05, 0.1) is 0 Å². The molecule has 0 unspecified atom stereocenters. The molecule has 0 atom stereocenters. The SMILES string of the molecule is CSc1ccc(CN2CCC(c3ccnc(C)n3)CC2)cc1. The summed E-state index contributed by atoms with van der Waals surface area (Å²) in [5.74, 6) is 1.48. The molecule has 0 N–H and O–H groups in total. The Morgan fingerprint density at radius 2 is 1.86 bits per heavy atom. The lowest BCUT2D eigenvalue weighted by atomic mass is 9.93. The second-order valence-electron chi connectivity index (χ2n) is 5.93. The lowest BCUT2D eigenvalue weighted by Gasteiger charge is -2.31. The largest absolute Gasteiger partial charge is 0.299 e. The predicted octanol–water partition coefficient (Wildman–Crippen LogP) is 3.89. The Morgan fingerprint density at radius 3 is 2.50 bits per heavy atom. The van der Waals surface area contributed by atoms with Crippen LogP contribution in [-0.2, 0) is 6.54 Å². The van der Waals surface area contributed by atoms with E-state index in [2.05, 4.69) is 51.5 Å². The summed E-state index contributed by atoms with van der Waals surface area (Å²) in [5.41, 5.74) is 2.63. The summed E-state index contributed by atoms with van der Waals surface area (Å²) < 4.78 is 0. The van der Waals surface area contributed by atoms with Gasteiger partial charge < -0.3 is 0 Å². The van der Waals surface area contributed by atoms with Crippen LogP contribution in [0.5, 0.6) is 0 Å². The third-order valence-electron chi connectivity index (χ3n) is 4.37. The zero-order valence-electron chi connectivity index (χ0n) is 13.3. The monoisotopic (exact) mass is 313 g/mol. The van der Waals surface area contributed by atoms with Crippen molar-refractivity contribution in [3.05, 3.63) is 53.6 Å². The van der Waals surface area contributed by atoms with Gasteiger partial charge in [-0.1, -0.05) is 12.1 Å². The van der Waals surface area contributed by atoms with Crippen molar-refractivity contribution in [2.45, 2.75) is 37.1 Å². The molecule has 3 rings (SSSR count). The van der Waals surface area contributed by atoms with E-state index in [-0.39, 0.29) is 0 Å². The maximum atomic E-state index is 4.59. The van der Waals surface area contributed by atoms with Gasteiger partial charge in [0, 0.05) is 29.2 Å². The standard InChI is InChI=1S/C18H23N3S/c1-14-19-10-7-18(20-14)16-8-11-21(12-9-16)13-15-3-5-17(22-2)6-4-15/h3-7,10,16H,8-9,11-13H2,1-2H3. The third-order valence-corrected chi connectivity index (χ3v) is 5.11. The van der Waals surface area contributed by atoms with Crippen molar-refractivity contribution in [1.82, 2.24) is 14.9 Å². The number of aromatic nitrogens is 2. The number of rotatable bonds is 4. The van der Waals surface area contributed by atoms with Crippen molar-refractivity contribution in [3.8, 4) is 0 Å². The van der Waals surface area contributed by atoms with Gasteiger partial charge in [-0.15, -0.1) is 11.8 Å². The minimum Gasteiger partial charge on any atom is -0.299 e. The fourth-order valence-electron chi connectivity index (χ4n) is 3.08. The highest BCUT2D eigenvalue weighted by Crippen LogP contribution is 2.27. The molecule has 1 aromatic carbocycles. The summed E-state index contributed by atoms with van der Waals surface area (Å²) in [7, 11) is 0. The Bertz CT molecular complexity index is 604. The second kappa shape index (κ2) is 7.25. The van der Waals surface area contributed by atoms with E-state index >= 15 is 0 Å². The molecule has 1 fully saturated rings. The van der Waals surface area contributed by atoms with Crippen LogP contribution in [0.4, 0.5) is 0 Å². The van der Waals surface area contributed by atoms with Crippen LogP contribution in [0.1, 0.15) is 35.8 Å². The van der Waals surface area contributed by atoms with Crippen LogP contribution in [0.15, 0.2) is 41.4 Å². The fourth-order valence-corrected chi connectivity index (χ4v) is 3.49. The summed E-state index contributed by atoms with van der Waals surface area (Å²) in [6.45, 7) is 5.33. The Balaban J connectivity index is 1.55. The molecule has 4 heteroatoms. The Hall–Kier alpha value is -1.39. The highest BCUT2D eigenvalue weighted by atomic mass is 32.2. The number of hydrogen-bond donors (Lipinski definition) is 0. The quantitative estimate of drug-likeness (QED) is 0.801. The van der Waals surface area contributed by atoms with E-state index in [0.717, 1.165) is 25.5 Å². The van der Waals surface area contributed by atoms with Crippen molar-refractivity contribution in [3.63, 3.8) is 0 Å². The number of benzene rings is 1. The van der Waals surface area contributed by atoms with Crippen LogP contribution >= 0.6 is 11.8 Å². The van der Waals surface area contributed by atoms with E-state index in [9.17, 15) is 0 Å². The highest BCUT2D eigenvalue weighted by molar-refractivity contribution is 7.98. The molecule has 0 saturated carbocycles. The molecule has 0 amide bonds. The molecule has 1 saturated heterocycles. The van der Waals surface area contributed by atoms with Crippen LogP contribution in [0, 0.1) is 6.92 Å². The molecule has 3 nitrogen and oxygen atoms in total. The van der Waals surface area contributed by atoms with Crippen LogP contribution in [0.2, 0.25) is 0 Å². The average Bonchev–Trinajstić information content (AvgIpc) is 2.56. The molecule has 1 aliphatic rings. The first-order chi connectivity index (χ1) is 10.7. The normalized spacial score (nSPS) is 16.8. The minimum absolute atomic E-state index is 0.594. The van der Waals surface area contributed by atoms with Crippen molar-refractivity contribution in [1.29, 1.82) is 0 Å². The Morgan fingerprint density at radius 1 is 1.14 bits per heavy atom. The van der Waals surface area contributed by atoms with Gasteiger partial charge in [-0.3, -0.25) is 4.90 Å². The lowest BCUT2D eigenvalue weighted by molar-refractivity contribution is 0.203. The molecule has 22 heavy (non-hydrogen) atoms. The topological polar surface area (TPSA) is 29.0 Å². The molecule has 1 aliphatic heterocycles. The number of hydrogen-bond acceptors (Lipinski definition) is 4. The van der Waals surface area contributed by atoms with Gasteiger partial charge in [0.25, 0.3) is 0 Å². The van der Waals surface area contributed by atoms with E-state index in [1.807, 2.05) is 13.1 Å². The van der Waals surface area contributed by atoms with Crippen LogP contribution in [0.25, 0.3) is 0 Å². The molecule has 0 radical (unpaired) electrons. The first kappa shape index (κ1) is 15.5. The molecule has 0 spiro atoms. The van der Waals surface area contributed by atoms with Crippen LogP contribution < -0.4 is 0 Å². The molecule has 1 aromatic heterocycles. The summed E-state index contributed by atoms with van der Waals surface area (Å²) in [6.07, 6.45) is 6.39. The molecular weight excluding hydrogens is 290 g/mol. The summed E-state index contributed by atoms with van der Waals surface area (Å²) in [6, 6.07) is 11.0. The Kier molecular flexibility index (Phi) is 5.11. The van der Waals surface area contributed by atoms with Gasteiger partial charge in [0.1, 0.15) is 5.82 Å². The van der Waals surface area contributed by atoms with Crippen molar-refractivity contribution in [2.75, 3.05) is 19.3 Å². The van der Waals surface area contributed by atoms with Gasteiger partial charge in [0.2, 0.25) is 0 Å². The average molecular weight is 313 g/mol. The van der Waals surface area contributed by atoms with Gasteiger partial charge in [-0.2, -0.15) is 0 Å². The van der Waals surface area contributed by atoms with Gasteiger partial charge in [0.15, 0.2) is 0 Å². The van der Waals surface area contributed by atoms with Gasteiger partial charge >= 0.3 is 0 Å². The molecule has 2 heterocycles. The second-order valence-corrected chi connectivity index (χ2v) is 6.81. The Labute approximate surface area is 137 Å². The molecule has 0 aliphatic carbocycles. The smallest absolute Gasteiger partial charge is 0.125 e. The number of piperidine rings is 1. The number of likely N-dealkylation sites (tertiary alicyclic amines) is 1. The first-order valence-electron chi connectivity index (χ1n) is 7.89. The summed E-state index contributed by atoms with van der Waals surface area (Å²) in [5, 5.41) is 0. The van der Waals surface area contributed by atoms with Gasteiger partial charge in [-0.05, 0) is 62.9 Å². The summed E-state index contributed by atoms with van der Waals surface area (Å²) in [4.78, 5) is 12.7. The highest BCUT2D eigenvalue weighted by Gasteiger charge is 2.21. The molecule has 116 valence electrons. The maximum Gasteiger partial charge on any atom is 0.125 e. The van der Waals surface area contributed by atoms with E-state index < -0.39 is 0 Å². The third kappa shape index (κ3) is 3.87. The molecule has 2 aromatic rings. The van der Waals surface area contributed by atoms with E-state index in [0.29, 0.717) is 5.92 Å². The van der Waals surface area contributed by atoms with E-state index in [1.165, 1.54) is 29.0 Å². The number of aryl methyl sites for hydroxylation is 1. The number of thioether (sulfide) groups is 1.